The van der Waals surface area contributed by atoms with Crippen LogP contribution in [0, 0.1) is 0 Å². The third kappa shape index (κ3) is 2.38. The van der Waals surface area contributed by atoms with Crippen LogP contribution in [0.3, 0.4) is 0 Å². The van der Waals surface area contributed by atoms with Crippen LogP contribution in [0.25, 0.3) is 0 Å². The van der Waals surface area contributed by atoms with Crippen LogP contribution in [0.5, 0.6) is 5.88 Å². The lowest BCUT2D eigenvalue weighted by Crippen LogP contribution is -2.44. The van der Waals surface area contributed by atoms with Gasteiger partial charge >= 0.3 is 6.09 Å². The number of amides is 1. The Morgan fingerprint density at radius 1 is 1.44 bits per heavy atom. The number of ether oxygens (including phenoxy) is 1. The molecule has 0 aliphatic carbocycles. The molecule has 2 N–H and O–H groups in total. The van der Waals surface area contributed by atoms with Gasteiger partial charge in [-0.25, -0.2) is 9.78 Å². The van der Waals surface area contributed by atoms with Gasteiger partial charge in [0.2, 0.25) is 5.88 Å². The van der Waals surface area contributed by atoms with Gasteiger partial charge in [-0.3, -0.25) is 0 Å². The fraction of sp³-hybridized carbons (Fsp3) is 0.500. The number of carboxylic acid groups (broad SMARTS) is 1. The molecule has 1 fully saturated rings. The van der Waals surface area contributed by atoms with Crippen molar-refractivity contribution in [3.63, 3.8) is 0 Å². The van der Waals surface area contributed by atoms with Crippen LogP contribution in [-0.2, 0) is 5.60 Å². The summed E-state index contributed by atoms with van der Waals surface area (Å²) >= 11 is 0. The fourth-order valence-corrected chi connectivity index (χ4v) is 2.13. The number of hydrogen-bond acceptors (Lipinski definition) is 4. The van der Waals surface area contributed by atoms with E-state index in [-0.39, 0.29) is 0 Å². The van der Waals surface area contributed by atoms with E-state index in [1.807, 2.05) is 0 Å². The van der Waals surface area contributed by atoms with Crippen LogP contribution in [-0.4, -0.2) is 46.4 Å². The van der Waals surface area contributed by atoms with Gasteiger partial charge in [-0.1, -0.05) is 0 Å². The molecule has 2 heterocycles. The van der Waals surface area contributed by atoms with E-state index in [1.165, 1.54) is 12.0 Å². The van der Waals surface area contributed by atoms with Crippen LogP contribution in [0.2, 0.25) is 0 Å². The number of aromatic nitrogens is 1. The van der Waals surface area contributed by atoms with Gasteiger partial charge in [0.1, 0.15) is 0 Å². The minimum atomic E-state index is -0.995. The topological polar surface area (TPSA) is 82.9 Å². The Morgan fingerprint density at radius 3 is 2.56 bits per heavy atom. The molecule has 2 rings (SSSR count). The number of piperidine rings is 1. The molecule has 0 atom stereocenters. The zero-order chi connectivity index (χ0) is 13.2. The molecule has 1 aromatic heterocycles. The second-order valence-electron chi connectivity index (χ2n) is 4.39. The Morgan fingerprint density at radius 2 is 2.11 bits per heavy atom. The highest BCUT2D eigenvalue weighted by Crippen LogP contribution is 2.32. The minimum absolute atomic E-state index is 0.331. The fourth-order valence-electron chi connectivity index (χ4n) is 2.13. The highest BCUT2D eigenvalue weighted by atomic mass is 16.5. The molecule has 6 heteroatoms. The second kappa shape index (κ2) is 4.81. The summed E-state index contributed by atoms with van der Waals surface area (Å²) < 4.78 is 4.96. The third-order valence-electron chi connectivity index (χ3n) is 3.34. The summed E-state index contributed by atoms with van der Waals surface area (Å²) in [5, 5.41) is 19.4. The van der Waals surface area contributed by atoms with Crippen molar-refractivity contribution in [1.82, 2.24) is 9.88 Å². The maximum absolute atomic E-state index is 10.8. The molecule has 0 radical (unpaired) electrons. The number of pyridine rings is 1. The molecule has 18 heavy (non-hydrogen) atoms. The average molecular weight is 252 g/mol. The predicted octanol–water partition coefficient (Wildman–Crippen LogP) is 1.05. The van der Waals surface area contributed by atoms with Gasteiger partial charge in [-0.15, -0.1) is 0 Å². The molecule has 1 aromatic rings. The van der Waals surface area contributed by atoms with Crippen LogP contribution in [0.4, 0.5) is 4.79 Å². The Labute approximate surface area is 105 Å². The first-order valence-corrected chi connectivity index (χ1v) is 5.76. The van der Waals surface area contributed by atoms with Gasteiger partial charge in [0.05, 0.1) is 12.7 Å². The van der Waals surface area contributed by atoms with E-state index in [1.54, 1.807) is 18.3 Å². The second-order valence-corrected chi connectivity index (χ2v) is 4.39. The molecule has 0 saturated carbocycles. The van der Waals surface area contributed by atoms with Crippen LogP contribution in [0.1, 0.15) is 18.4 Å². The molecular formula is C12H16N2O4. The van der Waals surface area contributed by atoms with Crippen molar-refractivity contribution in [3.05, 3.63) is 23.9 Å². The molecule has 0 unspecified atom stereocenters. The summed E-state index contributed by atoms with van der Waals surface area (Å²) in [4.78, 5) is 16.2. The average Bonchev–Trinajstić information content (AvgIpc) is 2.39. The van der Waals surface area contributed by atoms with Crippen LogP contribution in [0.15, 0.2) is 18.3 Å². The molecular weight excluding hydrogens is 236 g/mol. The van der Waals surface area contributed by atoms with Gasteiger partial charge < -0.3 is 19.8 Å². The van der Waals surface area contributed by atoms with Crippen molar-refractivity contribution in [2.24, 2.45) is 0 Å². The maximum Gasteiger partial charge on any atom is 0.407 e. The van der Waals surface area contributed by atoms with Gasteiger partial charge in [0, 0.05) is 30.9 Å². The molecule has 1 aliphatic heterocycles. The lowest BCUT2D eigenvalue weighted by molar-refractivity contribution is -0.0216. The number of carbonyl (C=O) groups is 1. The van der Waals surface area contributed by atoms with Crippen LogP contribution < -0.4 is 4.74 Å². The van der Waals surface area contributed by atoms with E-state index in [0.29, 0.717) is 37.4 Å². The molecule has 0 aromatic carbocycles. The van der Waals surface area contributed by atoms with Gasteiger partial charge in [-0.2, -0.15) is 0 Å². The first-order valence-electron chi connectivity index (χ1n) is 5.76. The summed E-state index contributed by atoms with van der Waals surface area (Å²) in [5.41, 5.74) is -0.293. The zero-order valence-electron chi connectivity index (χ0n) is 10.2. The SMILES string of the molecule is COc1ccc(C2(O)CCN(C(=O)O)CC2)cn1. The largest absolute Gasteiger partial charge is 0.481 e. The Kier molecular flexibility index (Phi) is 3.38. The first kappa shape index (κ1) is 12.6. The molecule has 98 valence electrons. The standard InChI is InChI=1S/C12H16N2O4/c1-18-10-3-2-9(8-13-10)12(17)4-6-14(7-5-12)11(15)16/h2-3,8,17H,4-7H2,1H3,(H,15,16). The van der Waals surface area contributed by atoms with Gasteiger partial charge in [-0.05, 0) is 18.9 Å². The summed E-state index contributed by atoms with van der Waals surface area (Å²) in [7, 11) is 1.53. The molecule has 1 amide bonds. The summed E-state index contributed by atoms with van der Waals surface area (Å²) in [6, 6.07) is 3.46. The van der Waals surface area contributed by atoms with Crippen molar-refractivity contribution in [2.45, 2.75) is 18.4 Å². The van der Waals surface area contributed by atoms with E-state index in [4.69, 9.17) is 9.84 Å². The lowest BCUT2D eigenvalue weighted by Gasteiger charge is -2.37. The van der Waals surface area contributed by atoms with E-state index in [2.05, 4.69) is 4.98 Å². The highest BCUT2D eigenvalue weighted by Gasteiger charge is 2.35. The van der Waals surface area contributed by atoms with Crippen molar-refractivity contribution in [3.8, 4) is 5.88 Å². The van der Waals surface area contributed by atoms with Crippen molar-refractivity contribution in [1.29, 1.82) is 0 Å². The van der Waals surface area contributed by atoms with Gasteiger partial charge in [0.25, 0.3) is 0 Å². The third-order valence-corrected chi connectivity index (χ3v) is 3.34. The predicted molar refractivity (Wildman–Crippen MR) is 63.5 cm³/mol. The quantitative estimate of drug-likeness (QED) is 0.822. The van der Waals surface area contributed by atoms with Gasteiger partial charge in [0.15, 0.2) is 0 Å². The number of nitrogens with zero attached hydrogens (tertiary/aromatic N) is 2. The van der Waals surface area contributed by atoms with E-state index in [9.17, 15) is 9.90 Å². The molecule has 6 nitrogen and oxygen atoms in total. The zero-order valence-corrected chi connectivity index (χ0v) is 10.2. The van der Waals surface area contributed by atoms with Crippen molar-refractivity contribution < 1.29 is 19.7 Å². The normalized spacial score (nSPS) is 18.4. The van der Waals surface area contributed by atoms with Crippen molar-refractivity contribution in [2.75, 3.05) is 20.2 Å². The number of likely N-dealkylation sites (tertiary alicyclic amines) is 1. The van der Waals surface area contributed by atoms with E-state index in [0.717, 1.165) is 0 Å². The molecule has 1 saturated heterocycles. The van der Waals surface area contributed by atoms with Crippen LogP contribution >= 0.6 is 0 Å². The lowest BCUT2D eigenvalue weighted by atomic mass is 9.85. The number of rotatable bonds is 2. The number of methoxy groups -OCH3 is 1. The summed E-state index contributed by atoms with van der Waals surface area (Å²) in [6.45, 7) is 0.662. The van der Waals surface area contributed by atoms with Crippen molar-refractivity contribution >= 4 is 6.09 Å². The Hall–Kier alpha value is -1.82. The number of aliphatic hydroxyl groups is 1. The first-order chi connectivity index (χ1) is 8.55. The Balaban J connectivity index is 2.10. The summed E-state index contributed by atoms with van der Waals surface area (Å²) in [5.74, 6) is 0.491. The van der Waals surface area contributed by atoms with E-state index < -0.39 is 11.7 Å². The Bertz CT molecular complexity index is 424. The minimum Gasteiger partial charge on any atom is -0.481 e. The van der Waals surface area contributed by atoms with E-state index >= 15 is 0 Å². The maximum atomic E-state index is 10.8. The smallest absolute Gasteiger partial charge is 0.407 e. The summed E-state index contributed by atoms with van der Waals surface area (Å²) in [6.07, 6.45) is 1.40. The highest BCUT2D eigenvalue weighted by molar-refractivity contribution is 5.65. The molecule has 0 spiro atoms. The number of hydrogen-bond donors (Lipinski definition) is 2. The monoisotopic (exact) mass is 252 g/mol. The molecule has 1 aliphatic rings. The molecule has 0 bridgehead atoms.